The summed E-state index contributed by atoms with van der Waals surface area (Å²) < 4.78 is 0. The van der Waals surface area contributed by atoms with E-state index in [4.69, 9.17) is 0 Å². The quantitative estimate of drug-likeness (QED) is 0.378. The van der Waals surface area contributed by atoms with Gasteiger partial charge < -0.3 is 4.90 Å². The summed E-state index contributed by atoms with van der Waals surface area (Å²) in [5.41, 5.74) is 2.33. The van der Waals surface area contributed by atoms with Crippen LogP contribution in [0.1, 0.15) is 5.56 Å². The minimum absolute atomic E-state index is 0. The first kappa shape index (κ1) is 24.5. The maximum absolute atomic E-state index is 11.7. The first-order chi connectivity index (χ1) is 13.2. The van der Waals surface area contributed by atoms with Crippen molar-refractivity contribution in [2.24, 2.45) is 0 Å². The van der Waals surface area contributed by atoms with E-state index in [1.807, 2.05) is 96.2 Å². The second kappa shape index (κ2) is 14.4. The monoisotopic (exact) mass is 411 g/mol. The molecule has 28 heavy (non-hydrogen) atoms. The zero-order valence-electron chi connectivity index (χ0n) is 16.2. The number of rotatable bonds is 6. The predicted molar refractivity (Wildman–Crippen MR) is 115 cm³/mol. The largest absolute Gasteiger partial charge is 2.00 e. The van der Waals surface area contributed by atoms with Crippen LogP contribution in [0.25, 0.3) is 6.08 Å². The summed E-state index contributed by atoms with van der Waals surface area (Å²) >= 11 is 0. The van der Waals surface area contributed by atoms with Gasteiger partial charge in [-0.3, -0.25) is 4.79 Å². The Morgan fingerprint density at radius 2 is 1.29 bits per heavy atom. The zero-order valence-corrected chi connectivity index (χ0v) is 17.3. The number of carbonyl (C=O) groups is 1. The number of anilines is 1. The Balaban J connectivity index is 0.000000567. The number of carbonyl (C=O) groups excluding carboxylic acids is 1. The van der Waals surface area contributed by atoms with Crippen LogP contribution in [0.4, 0.5) is 5.69 Å². The van der Waals surface area contributed by atoms with Gasteiger partial charge in [-0.1, -0.05) is 42.5 Å². The van der Waals surface area contributed by atoms with E-state index < -0.39 is 0 Å². The fraction of sp³-hybridized carbons (Fsp3) is 0.0800. The maximum Gasteiger partial charge on any atom is 2.00 e. The van der Waals surface area contributed by atoms with Gasteiger partial charge in [0, 0.05) is 19.8 Å². The van der Waals surface area contributed by atoms with Gasteiger partial charge in [0.05, 0.1) is 5.92 Å². The molecule has 3 heteroatoms. The summed E-state index contributed by atoms with van der Waals surface area (Å²) in [4.78, 5) is 13.8. The van der Waals surface area contributed by atoms with E-state index in [9.17, 15) is 4.79 Å². The van der Waals surface area contributed by atoms with Gasteiger partial charge in [-0.25, -0.2) is 0 Å². The van der Waals surface area contributed by atoms with E-state index in [-0.39, 0.29) is 22.9 Å². The molecular formula is C25H25FeNO+2. The molecule has 2 fully saturated rings. The molecular weight excluding hydrogens is 386 g/mol. The van der Waals surface area contributed by atoms with Crippen molar-refractivity contribution in [2.75, 3.05) is 19.0 Å². The Morgan fingerprint density at radius 1 is 0.750 bits per heavy atom. The molecule has 3 rings (SSSR count). The smallest absolute Gasteiger partial charge is 0.378 e. The Kier molecular flexibility index (Phi) is 12.6. The van der Waals surface area contributed by atoms with Crippen LogP contribution in [0.2, 0.25) is 0 Å². The van der Waals surface area contributed by atoms with Crippen LogP contribution < -0.4 is 4.90 Å². The third-order valence-corrected chi connectivity index (χ3v) is 3.78. The topological polar surface area (TPSA) is 20.3 Å². The first-order valence-electron chi connectivity index (χ1n) is 8.88. The Bertz CT molecular complexity index is 625. The van der Waals surface area contributed by atoms with Crippen molar-refractivity contribution in [3.05, 3.63) is 124 Å². The van der Waals surface area contributed by atoms with Crippen molar-refractivity contribution in [1.29, 1.82) is 0 Å². The van der Waals surface area contributed by atoms with E-state index in [2.05, 4.69) is 29.2 Å². The molecule has 0 N–H and O–H groups in total. The fourth-order valence-corrected chi connectivity index (χ4v) is 2.28. The van der Waals surface area contributed by atoms with Gasteiger partial charge in [-0.05, 0) is 81.6 Å². The Hall–Kier alpha value is -1.57. The molecule has 0 atom stereocenters. The van der Waals surface area contributed by atoms with E-state index in [0.717, 1.165) is 11.5 Å². The molecule has 2 saturated carbocycles. The molecule has 0 aromatic heterocycles. The van der Waals surface area contributed by atoms with Crippen molar-refractivity contribution in [3.63, 3.8) is 0 Å². The fourth-order valence-electron chi connectivity index (χ4n) is 2.28. The third-order valence-electron chi connectivity index (χ3n) is 3.78. The number of ketones is 1. The van der Waals surface area contributed by atoms with Crippen molar-refractivity contribution in [3.8, 4) is 0 Å². The molecule has 10 radical (unpaired) electrons. The van der Waals surface area contributed by atoms with Crippen LogP contribution in [0.3, 0.4) is 0 Å². The minimum atomic E-state index is 0. The molecule has 2 aliphatic rings. The Labute approximate surface area is 182 Å². The summed E-state index contributed by atoms with van der Waals surface area (Å²) in [5.74, 6) is 0.749. The molecule has 0 unspecified atom stereocenters. The van der Waals surface area contributed by atoms with Crippen LogP contribution in [0, 0.1) is 63.7 Å². The Morgan fingerprint density at radius 3 is 1.82 bits per heavy atom. The van der Waals surface area contributed by atoms with E-state index in [1.54, 1.807) is 12.2 Å². The molecule has 0 bridgehead atoms. The van der Waals surface area contributed by atoms with Crippen LogP contribution in [0.5, 0.6) is 0 Å². The van der Waals surface area contributed by atoms with Gasteiger partial charge in [0.15, 0.2) is 5.78 Å². The maximum atomic E-state index is 11.7. The second-order valence-corrected chi connectivity index (χ2v) is 6.09. The van der Waals surface area contributed by atoms with Gasteiger partial charge in [0.1, 0.15) is 0 Å². The van der Waals surface area contributed by atoms with Gasteiger partial charge in [-0.2, -0.15) is 0 Å². The molecule has 0 spiro atoms. The number of nitrogens with zero attached hydrogens (tertiary/aromatic N) is 1. The molecule has 0 saturated heterocycles. The molecule has 142 valence electrons. The van der Waals surface area contributed by atoms with E-state index >= 15 is 0 Å². The van der Waals surface area contributed by atoms with E-state index in [0.29, 0.717) is 0 Å². The summed E-state index contributed by atoms with van der Waals surface area (Å²) in [6, 6.07) is 8.33. The zero-order chi connectivity index (χ0) is 19.3. The predicted octanol–water partition coefficient (Wildman–Crippen LogP) is 4.87. The van der Waals surface area contributed by atoms with Gasteiger partial charge >= 0.3 is 17.1 Å². The molecule has 1 aromatic carbocycles. The number of benzene rings is 1. The summed E-state index contributed by atoms with van der Waals surface area (Å²) in [6.45, 7) is 0. The van der Waals surface area contributed by atoms with Crippen molar-refractivity contribution in [2.45, 2.75) is 0 Å². The van der Waals surface area contributed by atoms with Crippen LogP contribution in [-0.2, 0) is 21.9 Å². The van der Waals surface area contributed by atoms with Gasteiger partial charge in [0.2, 0.25) is 0 Å². The number of hydrogen-bond acceptors (Lipinski definition) is 2. The van der Waals surface area contributed by atoms with Crippen LogP contribution in [-0.4, -0.2) is 19.9 Å². The molecule has 0 heterocycles. The minimum Gasteiger partial charge on any atom is -0.378 e. The molecule has 0 amide bonds. The number of hydrogen-bond donors (Lipinski definition) is 0. The number of allylic oxidation sites excluding steroid dienone is 5. The normalized spacial score (nSPS) is 17.1. The van der Waals surface area contributed by atoms with E-state index in [1.165, 1.54) is 5.69 Å². The molecule has 0 aliphatic heterocycles. The van der Waals surface area contributed by atoms with Gasteiger partial charge in [-0.15, -0.1) is 0 Å². The first-order valence-corrected chi connectivity index (χ1v) is 8.88. The van der Waals surface area contributed by atoms with Gasteiger partial charge in [0.25, 0.3) is 0 Å². The van der Waals surface area contributed by atoms with Crippen molar-refractivity contribution < 1.29 is 21.9 Å². The molecule has 2 nitrogen and oxygen atoms in total. The average molecular weight is 411 g/mol. The molecule has 1 aromatic rings. The summed E-state index contributed by atoms with van der Waals surface area (Å²) in [6.07, 6.45) is 28.4. The van der Waals surface area contributed by atoms with Crippen LogP contribution >= 0.6 is 0 Å². The SMILES string of the molecule is CN(C)c1ccc(/C=C/C=C/C=C/C(=O)[C]2[CH][CH][CH][CH]2)cc1.[CH]1[CH][CH][CH][CH]1.[Fe+2]. The summed E-state index contributed by atoms with van der Waals surface area (Å²) in [7, 11) is 4.05. The van der Waals surface area contributed by atoms with Crippen molar-refractivity contribution >= 4 is 17.5 Å². The van der Waals surface area contributed by atoms with Crippen molar-refractivity contribution in [1.82, 2.24) is 0 Å². The van der Waals surface area contributed by atoms with Crippen LogP contribution in [0.15, 0.2) is 54.6 Å². The molecule has 2 aliphatic carbocycles. The second-order valence-electron chi connectivity index (χ2n) is 6.09. The average Bonchev–Trinajstić information content (AvgIpc) is 3.41. The third kappa shape index (κ3) is 9.57. The summed E-state index contributed by atoms with van der Waals surface area (Å²) in [5, 5.41) is 0. The standard InChI is InChI=1S/C20H20NO.C5H5.Fe/c1-21(2)19-15-13-17(14-16-19)9-5-3-4-6-12-20(22)18-10-7-8-11-18;1-2-4-5-3-1;/h3-16H,1-2H3;1-5H;/q;;+2/b4-3+,9-5+,12-6+;;.